The lowest BCUT2D eigenvalue weighted by molar-refractivity contribution is 0.0778. The molecule has 0 heterocycles. The fraction of sp³-hybridized carbons (Fsp3) is 1.00. The maximum Gasteiger partial charge on any atom is 0.254 e. The molecule has 0 saturated heterocycles. The van der Waals surface area contributed by atoms with E-state index in [0.29, 0.717) is 13.0 Å². The van der Waals surface area contributed by atoms with Crippen LogP contribution in [0.15, 0.2) is 0 Å². The van der Waals surface area contributed by atoms with Gasteiger partial charge in [-0.1, -0.05) is 6.42 Å². The first kappa shape index (κ1) is 10.2. The Kier molecular flexibility index (Phi) is 2.64. The lowest BCUT2D eigenvalue weighted by Crippen LogP contribution is -2.20. The van der Waals surface area contributed by atoms with E-state index in [1.807, 2.05) is 0 Å². The first-order valence-corrected chi connectivity index (χ1v) is 4.25. The van der Waals surface area contributed by atoms with Crippen LogP contribution in [0, 0.1) is 17.8 Å². The van der Waals surface area contributed by atoms with Crippen molar-refractivity contribution >= 4 is 12.4 Å². The summed E-state index contributed by atoms with van der Waals surface area (Å²) in [6.45, 7) is 0.441. The summed E-state index contributed by atoms with van der Waals surface area (Å²) in [7, 11) is 0. The van der Waals surface area contributed by atoms with Gasteiger partial charge in [-0.2, -0.15) is 0 Å². The maximum atomic E-state index is 12.9. The van der Waals surface area contributed by atoms with Crippen molar-refractivity contribution < 1.29 is 8.78 Å². The summed E-state index contributed by atoms with van der Waals surface area (Å²) in [6, 6.07) is 0. The second-order valence-electron chi connectivity index (χ2n) is 3.73. The molecule has 0 spiro atoms. The number of hydrogen-bond donors (Lipinski definition) is 1. The average molecular weight is 198 g/mol. The standard InChI is InChI=1S/C8H13F2N.ClH/c9-8(10)6-3-1-2-5(4-11)7(6)8;/h5-7H,1-4,11H2;1H. The van der Waals surface area contributed by atoms with Gasteiger partial charge in [-0.3, -0.25) is 0 Å². The zero-order valence-electron chi connectivity index (χ0n) is 6.80. The summed E-state index contributed by atoms with van der Waals surface area (Å²) < 4.78 is 25.8. The molecule has 0 aromatic carbocycles. The molecule has 0 amide bonds. The average Bonchev–Trinajstić information content (AvgIpc) is 2.56. The molecule has 2 aliphatic carbocycles. The molecule has 0 aromatic heterocycles. The minimum atomic E-state index is -2.36. The number of rotatable bonds is 1. The fourth-order valence-corrected chi connectivity index (χ4v) is 2.48. The fourth-order valence-electron chi connectivity index (χ4n) is 2.48. The SMILES string of the molecule is Cl.NCC1CCCC2C1C2(F)F. The monoisotopic (exact) mass is 197 g/mol. The van der Waals surface area contributed by atoms with Crippen LogP contribution in [-0.4, -0.2) is 12.5 Å². The van der Waals surface area contributed by atoms with E-state index in [4.69, 9.17) is 5.73 Å². The Morgan fingerprint density at radius 2 is 2.00 bits per heavy atom. The molecule has 2 rings (SSSR count). The Bertz CT molecular complexity index is 174. The van der Waals surface area contributed by atoms with Gasteiger partial charge in [0.15, 0.2) is 0 Å². The third-order valence-corrected chi connectivity index (χ3v) is 3.16. The summed E-state index contributed by atoms with van der Waals surface area (Å²) in [5.74, 6) is -2.93. The van der Waals surface area contributed by atoms with E-state index in [9.17, 15) is 8.78 Å². The first-order valence-electron chi connectivity index (χ1n) is 4.25. The Hall–Kier alpha value is 0.110. The number of fused-ring (bicyclic) bond motifs is 1. The van der Waals surface area contributed by atoms with Gasteiger partial charge in [0.1, 0.15) is 0 Å². The van der Waals surface area contributed by atoms with Gasteiger partial charge in [0, 0.05) is 11.8 Å². The van der Waals surface area contributed by atoms with Gasteiger partial charge in [0.05, 0.1) is 0 Å². The number of halogens is 3. The van der Waals surface area contributed by atoms with Crippen LogP contribution in [0.4, 0.5) is 8.78 Å². The summed E-state index contributed by atoms with van der Waals surface area (Å²) in [4.78, 5) is 0. The van der Waals surface area contributed by atoms with Crippen molar-refractivity contribution in [3.05, 3.63) is 0 Å². The van der Waals surface area contributed by atoms with Gasteiger partial charge in [-0.05, 0) is 25.3 Å². The molecule has 0 aliphatic heterocycles. The lowest BCUT2D eigenvalue weighted by atomic mass is 9.89. The molecule has 2 saturated carbocycles. The van der Waals surface area contributed by atoms with Crippen LogP contribution in [-0.2, 0) is 0 Å². The van der Waals surface area contributed by atoms with Crippen LogP contribution in [0.5, 0.6) is 0 Å². The molecular weight excluding hydrogens is 184 g/mol. The number of nitrogens with two attached hydrogens (primary N) is 1. The van der Waals surface area contributed by atoms with Crippen LogP contribution in [0.2, 0.25) is 0 Å². The molecule has 12 heavy (non-hydrogen) atoms. The molecular formula is C8H14ClF2N. The minimum absolute atomic E-state index is 0. The lowest BCUT2D eigenvalue weighted by Gasteiger charge is -2.16. The highest BCUT2D eigenvalue weighted by molar-refractivity contribution is 5.85. The Morgan fingerprint density at radius 3 is 2.50 bits per heavy atom. The maximum absolute atomic E-state index is 12.9. The van der Waals surface area contributed by atoms with E-state index in [1.165, 1.54) is 0 Å². The summed E-state index contributed by atoms with van der Waals surface area (Å²) in [5, 5.41) is 0. The zero-order chi connectivity index (χ0) is 8.06. The van der Waals surface area contributed by atoms with E-state index in [-0.39, 0.29) is 30.2 Å². The van der Waals surface area contributed by atoms with Crippen molar-refractivity contribution in [3.63, 3.8) is 0 Å². The van der Waals surface area contributed by atoms with Crippen molar-refractivity contribution in [2.75, 3.05) is 6.54 Å². The summed E-state index contributed by atoms with van der Waals surface area (Å²) >= 11 is 0. The van der Waals surface area contributed by atoms with Crippen LogP contribution < -0.4 is 5.73 Å². The molecule has 1 nitrogen and oxygen atoms in total. The predicted octanol–water partition coefficient (Wildman–Crippen LogP) is 2.05. The molecule has 3 atom stereocenters. The third kappa shape index (κ3) is 1.23. The van der Waals surface area contributed by atoms with Gasteiger partial charge in [-0.15, -0.1) is 12.4 Å². The highest BCUT2D eigenvalue weighted by Gasteiger charge is 2.70. The number of alkyl halides is 2. The highest BCUT2D eigenvalue weighted by Crippen LogP contribution is 2.64. The van der Waals surface area contributed by atoms with Crippen molar-refractivity contribution in [1.82, 2.24) is 0 Å². The smallest absolute Gasteiger partial charge is 0.254 e. The molecule has 2 aliphatic rings. The molecule has 4 heteroatoms. The predicted molar refractivity (Wildman–Crippen MR) is 45.6 cm³/mol. The quantitative estimate of drug-likeness (QED) is 0.684. The van der Waals surface area contributed by atoms with Crippen molar-refractivity contribution in [2.24, 2.45) is 23.5 Å². The topological polar surface area (TPSA) is 26.0 Å². The van der Waals surface area contributed by atoms with Crippen LogP contribution in [0.3, 0.4) is 0 Å². The number of hydrogen-bond acceptors (Lipinski definition) is 1. The minimum Gasteiger partial charge on any atom is -0.330 e. The van der Waals surface area contributed by atoms with E-state index in [2.05, 4.69) is 0 Å². The molecule has 72 valence electrons. The second kappa shape index (κ2) is 3.11. The molecule has 2 fully saturated rings. The second-order valence-corrected chi connectivity index (χ2v) is 3.73. The molecule has 0 radical (unpaired) electrons. The van der Waals surface area contributed by atoms with Crippen molar-refractivity contribution in [2.45, 2.75) is 25.2 Å². The molecule has 0 aromatic rings. The Balaban J connectivity index is 0.000000720. The van der Waals surface area contributed by atoms with Gasteiger partial charge >= 0.3 is 0 Å². The Morgan fingerprint density at radius 1 is 1.33 bits per heavy atom. The largest absolute Gasteiger partial charge is 0.330 e. The highest BCUT2D eigenvalue weighted by atomic mass is 35.5. The molecule has 3 unspecified atom stereocenters. The van der Waals surface area contributed by atoms with Gasteiger partial charge < -0.3 is 5.73 Å². The van der Waals surface area contributed by atoms with E-state index >= 15 is 0 Å². The Labute approximate surface area is 77.1 Å². The first-order chi connectivity index (χ1) is 5.18. The van der Waals surface area contributed by atoms with E-state index < -0.39 is 5.92 Å². The third-order valence-electron chi connectivity index (χ3n) is 3.16. The van der Waals surface area contributed by atoms with E-state index in [0.717, 1.165) is 12.8 Å². The van der Waals surface area contributed by atoms with Crippen LogP contribution in [0.1, 0.15) is 19.3 Å². The molecule has 0 bridgehead atoms. The van der Waals surface area contributed by atoms with Gasteiger partial charge in [0.2, 0.25) is 0 Å². The van der Waals surface area contributed by atoms with Crippen molar-refractivity contribution in [3.8, 4) is 0 Å². The van der Waals surface area contributed by atoms with Crippen LogP contribution >= 0.6 is 12.4 Å². The van der Waals surface area contributed by atoms with Gasteiger partial charge in [0.25, 0.3) is 5.92 Å². The van der Waals surface area contributed by atoms with E-state index in [1.54, 1.807) is 0 Å². The summed E-state index contributed by atoms with van der Waals surface area (Å²) in [5.41, 5.74) is 5.41. The zero-order valence-corrected chi connectivity index (χ0v) is 7.62. The summed E-state index contributed by atoms with van der Waals surface area (Å²) in [6.07, 6.45) is 2.57. The van der Waals surface area contributed by atoms with Gasteiger partial charge in [-0.25, -0.2) is 8.78 Å². The normalized spacial score (nSPS) is 42.8. The van der Waals surface area contributed by atoms with Crippen LogP contribution in [0.25, 0.3) is 0 Å². The molecule has 2 N–H and O–H groups in total. The van der Waals surface area contributed by atoms with Crippen molar-refractivity contribution in [1.29, 1.82) is 0 Å².